The molecule has 4 nitrogen and oxygen atoms in total. The van der Waals surface area contributed by atoms with Crippen LogP contribution >= 0.6 is 0 Å². The minimum Gasteiger partial charge on any atom is -0.479 e. The Morgan fingerprint density at radius 2 is 2.00 bits per heavy atom. The molecule has 0 bridgehead atoms. The van der Waals surface area contributed by atoms with E-state index in [0.29, 0.717) is 0 Å². The zero-order valence-corrected chi connectivity index (χ0v) is 4.84. The second-order valence-electron chi connectivity index (χ2n) is 1.04. The molecule has 0 aromatic carbocycles. The maximum atomic E-state index is 9.52. The first-order valence-corrected chi connectivity index (χ1v) is 1.70. The molecule has 0 saturated carbocycles. The van der Waals surface area contributed by atoms with E-state index in [4.69, 9.17) is 15.3 Å². The first-order valence-electron chi connectivity index (χ1n) is 1.70. The minimum atomic E-state index is -1.63. The van der Waals surface area contributed by atoms with Crippen LogP contribution in [0.25, 0.3) is 0 Å². The van der Waals surface area contributed by atoms with Crippen molar-refractivity contribution in [3.63, 3.8) is 0 Å². The van der Waals surface area contributed by atoms with Gasteiger partial charge in [-0.15, -0.1) is 0 Å². The average molecular weight is 165 g/mol. The van der Waals surface area contributed by atoms with Crippen LogP contribution < -0.4 is 0 Å². The van der Waals surface area contributed by atoms with Crippen molar-refractivity contribution in [2.75, 3.05) is 6.61 Å². The molecular weight excluding hydrogens is 159 g/mol. The number of aliphatic carboxylic acids is 1. The maximum absolute atomic E-state index is 9.52. The summed E-state index contributed by atoms with van der Waals surface area (Å²) >= 11 is 0. The van der Waals surface area contributed by atoms with Crippen molar-refractivity contribution in [1.29, 1.82) is 0 Å². The smallest absolute Gasteiger partial charge is 0.334 e. The van der Waals surface area contributed by atoms with E-state index in [1.165, 1.54) is 0 Å². The predicted molar refractivity (Wildman–Crippen MR) is 20.7 cm³/mol. The van der Waals surface area contributed by atoms with Gasteiger partial charge in [-0.2, -0.15) is 0 Å². The summed E-state index contributed by atoms with van der Waals surface area (Å²) < 4.78 is 0. The molecule has 0 aromatic heterocycles. The first-order chi connectivity index (χ1) is 3.18. The number of aliphatic hydroxyl groups is 2. The number of carbonyl (C=O) groups is 1. The van der Waals surface area contributed by atoms with E-state index in [1.54, 1.807) is 0 Å². The second kappa shape index (κ2) is 5.03. The molecule has 0 amide bonds. The van der Waals surface area contributed by atoms with Crippen molar-refractivity contribution in [2.24, 2.45) is 0 Å². The van der Waals surface area contributed by atoms with Crippen LogP contribution in [0, 0.1) is 0 Å². The summed E-state index contributed by atoms with van der Waals surface area (Å²) in [7, 11) is 0. The van der Waals surface area contributed by atoms with Crippen LogP contribution in [0.3, 0.4) is 0 Å². The molecule has 5 heteroatoms. The number of carboxylic acid groups (broad SMARTS) is 1. The van der Waals surface area contributed by atoms with Crippen LogP contribution in [0.5, 0.6) is 0 Å². The van der Waals surface area contributed by atoms with Crippen LogP contribution in [0.15, 0.2) is 0 Å². The van der Waals surface area contributed by atoms with Crippen LogP contribution in [0.4, 0.5) is 0 Å². The van der Waals surface area contributed by atoms with Crippen molar-refractivity contribution in [2.45, 2.75) is 6.10 Å². The monoisotopic (exact) mass is 164 g/mol. The van der Waals surface area contributed by atoms with Gasteiger partial charge in [-0.05, 0) is 0 Å². The van der Waals surface area contributed by atoms with Gasteiger partial charge in [0.15, 0.2) is 6.10 Å². The number of aliphatic hydroxyl groups excluding tert-OH is 2. The van der Waals surface area contributed by atoms with Gasteiger partial charge in [0.2, 0.25) is 0 Å². The van der Waals surface area contributed by atoms with E-state index < -0.39 is 18.7 Å². The fraction of sp³-hybridized carbons (Fsp3) is 0.667. The zero-order chi connectivity index (χ0) is 5.86. The molecule has 1 unspecified atom stereocenters. The van der Waals surface area contributed by atoms with Gasteiger partial charge >= 0.3 is 5.97 Å². The van der Waals surface area contributed by atoms with Crippen molar-refractivity contribution in [1.82, 2.24) is 0 Å². The Hall–Kier alpha value is -0.116. The molecule has 0 aliphatic heterocycles. The van der Waals surface area contributed by atoms with Gasteiger partial charge in [0, 0.05) is 16.5 Å². The van der Waals surface area contributed by atoms with Gasteiger partial charge in [0.1, 0.15) is 0 Å². The van der Waals surface area contributed by atoms with Gasteiger partial charge in [0.05, 0.1) is 6.61 Å². The third kappa shape index (κ3) is 4.05. The van der Waals surface area contributed by atoms with Crippen molar-refractivity contribution in [3.05, 3.63) is 0 Å². The third-order valence-electron chi connectivity index (χ3n) is 0.458. The van der Waals surface area contributed by atoms with E-state index in [1.807, 2.05) is 0 Å². The van der Waals surface area contributed by atoms with Gasteiger partial charge in [-0.1, -0.05) is 0 Å². The van der Waals surface area contributed by atoms with Crippen molar-refractivity contribution in [3.8, 4) is 0 Å². The Morgan fingerprint density at radius 1 is 1.62 bits per heavy atom. The van der Waals surface area contributed by atoms with Crippen molar-refractivity contribution < 1.29 is 36.6 Å². The quantitative estimate of drug-likeness (QED) is 0.431. The molecule has 0 saturated heterocycles. The Kier molecular flexibility index (Phi) is 6.78. The van der Waals surface area contributed by atoms with Gasteiger partial charge in [-0.3, -0.25) is 0 Å². The molecule has 3 N–H and O–H groups in total. The number of hydrogen-bond acceptors (Lipinski definition) is 3. The Balaban J connectivity index is 0. The topological polar surface area (TPSA) is 77.8 Å². The van der Waals surface area contributed by atoms with E-state index in [-0.39, 0.29) is 16.5 Å². The van der Waals surface area contributed by atoms with Gasteiger partial charge < -0.3 is 15.3 Å². The standard InChI is InChI=1S/C3H6O4.Ni/c4-1-2(5)3(6)7;/h2,4-5H,1H2,(H,6,7);. The van der Waals surface area contributed by atoms with Gasteiger partial charge in [0.25, 0.3) is 0 Å². The molecule has 0 heterocycles. The fourth-order valence-corrected chi connectivity index (χ4v) is 0.0781. The number of rotatable bonds is 2. The summed E-state index contributed by atoms with van der Waals surface area (Å²) in [5, 5.41) is 23.7. The average Bonchev–Trinajstić information content (AvgIpc) is 1.65. The molecule has 1 atom stereocenters. The van der Waals surface area contributed by atoms with Crippen molar-refractivity contribution >= 4 is 5.97 Å². The summed E-state index contributed by atoms with van der Waals surface area (Å²) in [6.07, 6.45) is -1.63. The van der Waals surface area contributed by atoms with E-state index in [2.05, 4.69) is 0 Å². The Labute approximate surface area is 56.1 Å². The summed E-state index contributed by atoms with van der Waals surface area (Å²) in [6.45, 7) is -0.727. The molecule has 0 aromatic rings. The van der Waals surface area contributed by atoms with Crippen LogP contribution in [0.2, 0.25) is 0 Å². The summed E-state index contributed by atoms with van der Waals surface area (Å²) in [5.41, 5.74) is 0. The van der Waals surface area contributed by atoms with Crippen LogP contribution in [-0.4, -0.2) is 34.0 Å². The van der Waals surface area contributed by atoms with E-state index >= 15 is 0 Å². The Bertz CT molecular complexity index is 73.7. The number of hydrogen-bond donors (Lipinski definition) is 3. The largest absolute Gasteiger partial charge is 0.479 e. The zero-order valence-electron chi connectivity index (χ0n) is 3.85. The molecule has 8 heavy (non-hydrogen) atoms. The SMILES string of the molecule is O=C(O)C(O)CO.[Ni]. The first kappa shape index (κ1) is 10.8. The molecule has 0 aliphatic carbocycles. The maximum Gasteiger partial charge on any atom is 0.334 e. The summed E-state index contributed by atoms with van der Waals surface area (Å²) in [5.74, 6) is -1.40. The second-order valence-corrected chi connectivity index (χ2v) is 1.04. The van der Waals surface area contributed by atoms with Gasteiger partial charge in [-0.25, -0.2) is 4.79 Å². The fourth-order valence-electron chi connectivity index (χ4n) is 0.0781. The predicted octanol–water partition coefficient (Wildman–Crippen LogP) is -1.58. The molecule has 0 rings (SSSR count). The normalized spacial score (nSPS) is 11.8. The Morgan fingerprint density at radius 3 is 2.00 bits per heavy atom. The summed E-state index contributed by atoms with van der Waals surface area (Å²) in [6, 6.07) is 0. The third-order valence-corrected chi connectivity index (χ3v) is 0.458. The van der Waals surface area contributed by atoms with Crippen LogP contribution in [-0.2, 0) is 21.3 Å². The molecule has 0 aliphatic rings. The molecule has 0 fully saturated rings. The summed E-state index contributed by atoms with van der Waals surface area (Å²) in [4.78, 5) is 9.52. The molecular formula is C3H6NiO4. The van der Waals surface area contributed by atoms with E-state index in [9.17, 15) is 4.79 Å². The number of carboxylic acids is 1. The molecule has 0 radical (unpaired) electrons. The molecule has 0 spiro atoms. The van der Waals surface area contributed by atoms with E-state index in [0.717, 1.165) is 0 Å². The van der Waals surface area contributed by atoms with Crippen LogP contribution in [0.1, 0.15) is 0 Å². The molecule has 52 valence electrons. The minimum absolute atomic E-state index is 0.